The highest BCUT2D eigenvalue weighted by Gasteiger charge is 2.43. The van der Waals surface area contributed by atoms with E-state index in [0.29, 0.717) is 24.9 Å². The van der Waals surface area contributed by atoms with E-state index in [1.165, 1.54) is 12.8 Å². The van der Waals surface area contributed by atoms with Gasteiger partial charge in [0.15, 0.2) is 5.78 Å². The summed E-state index contributed by atoms with van der Waals surface area (Å²) in [5, 5.41) is 0. The maximum absolute atomic E-state index is 13.1. The Balaban J connectivity index is 1.35. The summed E-state index contributed by atoms with van der Waals surface area (Å²) in [6.07, 6.45) is 3.88. The number of carbonyl (C=O) groups excluding carboxylic acids is 2. The number of morpholine rings is 1. The van der Waals surface area contributed by atoms with Crippen LogP contribution in [0.4, 0.5) is 0 Å². The number of hydrogen-bond acceptors (Lipinski definition) is 4. The molecule has 1 aromatic rings. The molecule has 0 radical (unpaired) electrons. The summed E-state index contributed by atoms with van der Waals surface area (Å²) in [7, 11) is 0. The normalized spacial score (nSPS) is 29.4. The van der Waals surface area contributed by atoms with Gasteiger partial charge < -0.3 is 9.64 Å². The first-order valence-electron chi connectivity index (χ1n) is 9.50. The molecule has 5 rings (SSSR count). The molecule has 1 saturated carbocycles. The molecule has 0 unspecified atom stereocenters. The van der Waals surface area contributed by atoms with Crippen LogP contribution in [0.15, 0.2) is 18.2 Å². The van der Waals surface area contributed by atoms with Crippen molar-refractivity contribution in [2.45, 2.75) is 37.8 Å². The van der Waals surface area contributed by atoms with Gasteiger partial charge in [0.25, 0.3) is 5.91 Å². The fourth-order valence-electron chi connectivity index (χ4n) is 4.81. The van der Waals surface area contributed by atoms with E-state index in [-0.39, 0.29) is 11.7 Å². The quantitative estimate of drug-likeness (QED) is 0.823. The van der Waals surface area contributed by atoms with Gasteiger partial charge in [0, 0.05) is 43.2 Å². The third kappa shape index (κ3) is 2.61. The van der Waals surface area contributed by atoms with E-state index >= 15 is 0 Å². The molecule has 1 aromatic carbocycles. The van der Waals surface area contributed by atoms with Crippen molar-refractivity contribution in [2.24, 2.45) is 5.92 Å². The number of piperazine rings is 1. The number of carbonyl (C=O) groups is 2. The second-order valence-electron chi connectivity index (χ2n) is 7.84. The molecule has 0 bridgehead atoms. The number of fused-ring (bicyclic) bond motifs is 2. The lowest BCUT2D eigenvalue weighted by atomic mass is 10.00. The topological polar surface area (TPSA) is 49.9 Å². The number of benzene rings is 1. The first-order chi connectivity index (χ1) is 12.2. The fourth-order valence-corrected chi connectivity index (χ4v) is 4.81. The molecular formula is C20H24N2O3. The highest BCUT2D eigenvalue weighted by atomic mass is 16.5. The van der Waals surface area contributed by atoms with E-state index in [1.807, 2.05) is 23.1 Å². The summed E-state index contributed by atoms with van der Waals surface area (Å²) in [5.74, 6) is 1.05. The highest BCUT2D eigenvalue weighted by molar-refractivity contribution is 6.05. The monoisotopic (exact) mass is 340 g/mol. The van der Waals surface area contributed by atoms with Crippen molar-refractivity contribution in [3.05, 3.63) is 34.9 Å². The Hall–Kier alpha value is -1.72. The van der Waals surface area contributed by atoms with Crippen LogP contribution in [0.3, 0.4) is 0 Å². The summed E-state index contributed by atoms with van der Waals surface area (Å²) in [5.41, 5.74) is 2.43. The molecule has 25 heavy (non-hydrogen) atoms. The van der Waals surface area contributed by atoms with E-state index in [9.17, 15) is 9.59 Å². The Labute approximate surface area is 147 Å². The standard InChI is InChI=1S/C20H24N2O3/c23-19-7-6-15-16(19)2-1-3-17(15)20(24)21-8-9-22-14(10-21)11-25-12-18(22)13-4-5-13/h1-3,13-14,18H,4-12H2/t14-,18-/m1/s1. The first kappa shape index (κ1) is 15.5. The maximum Gasteiger partial charge on any atom is 0.254 e. The Morgan fingerprint density at radius 3 is 2.84 bits per heavy atom. The molecule has 3 fully saturated rings. The number of Topliss-reactive ketones (excluding diaryl/α,β-unsaturated/α-hetero) is 1. The predicted molar refractivity (Wildman–Crippen MR) is 92.8 cm³/mol. The lowest BCUT2D eigenvalue weighted by molar-refractivity contribution is -0.0816. The summed E-state index contributed by atoms with van der Waals surface area (Å²) in [6, 6.07) is 6.45. The molecule has 2 heterocycles. The van der Waals surface area contributed by atoms with Crippen molar-refractivity contribution in [1.82, 2.24) is 9.80 Å². The van der Waals surface area contributed by atoms with Crippen LogP contribution in [0, 0.1) is 5.92 Å². The number of hydrogen-bond donors (Lipinski definition) is 0. The van der Waals surface area contributed by atoms with Gasteiger partial charge in [-0.1, -0.05) is 12.1 Å². The van der Waals surface area contributed by atoms with Crippen LogP contribution in [0.2, 0.25) is 0 Å². The summed E-state index contributed by atoms with van der Waals surface area (Å²) < 4.78 is 5.85. The van der Waals surface area contributed by atoms with Gasteiger partial charge >= 0.3 is 0 Å². The molecule has 2 aliphatic heterocycles. The second-order valence-corrected chi connectivity index (χ2v) is 7.84. The van der Waals surface area contributed by atoms with Crippen molar-refractivity contribution in [3.63, 3.8) is 0 Å². The molecule has 0 aromatic heterocycles. The van der Waals surface area contributed by atoms with Gasteiger partial charge in [-0.25, -0.2) is 0 Å². The van der Waals surface area contributed by atoms with E-state index in [1.54, 1.807) is 0 Å². The lowest BCUT2D eigenvalue weighted by Gasteiger charge is -2.48. The Morgan fingerprint density at radius 2 is 2.00 bits per heavy atom. The van der Waals surface area contributed by atoms with Gasteiger partial charge in [-0.3, -0.25) is 14.5 Å². The third-order valence-corrected chi connectivity index (χ3v) is 6.32. The number of rotatable bonds is 2. The van der Waals surface area contributed by atoms with Gasteiger partial charge in [-0.05, 0) is 36.8 Å². The minimum atomic E-state index is 0.0831. The minimum Gasteiger partial charge on any atom is -0.378 e. The number of ether oxygens (including phenoxy) is 1. The van der Waals surface area contributed by atoms with Crippen LogP contribution in [0.1, 0.15) is 45.5 Å². The van der Waals surface area contributed by atoms with Gasteiger partial charge in [-0.2, -0.15) is 0 Å². The van der Waals surface area contributed by atoms with Crippen molar-refractivity contribution in [2.75, 3.05) is 32.8 Å². The van der Waals surface area contributed by atoms with Crippen molar-refractivity contribution < 1.29 is 14.3 Å². The zero-order chi connectivity index (χ0) is 17.0. The van der Waals surface area contributed by atoms with Crippen molar-refractivity contribution in [1.29, 1.82) is 0 Å². The molecule has 2 saturated heterocycles. The number of amides is 1. The van der Waals surface area contributed by atoms with Crippen LogP contribution in [-0.4, -0.2) is 66.4 Å². The van der Waals surface area contributed by atoms with Gasteiger partial charge in [0.05, 0.1) is 19.3 Å². The Morgan fingerprint density at radius 1 is 1.12 bits per heavy atom. The van der Waals surface area contributed by atoms with Crippen LogP contribution in [-0.2, 0) is 11.2 Å². The zero-order valence-electron chi connectivity index (χ0n) is 14.4. The van der Waals surface area contributed by atoms with Gasteiger partial charge in [-0.15, -0.1) is 0 Å². The second kappa shape index (κ2) is 5.92. The van der Waals surface area contributed by atoms with Crippen LogP contribution < -0.4 is 0 Å². The average molecular weight is 340 g/mol. The zero-order valence-corrected chi connectivity index (χ0v) is 14.4. The molecule has 4 aliphatic rings. The van der Waals surface area contributed by atoms with E-state index in [2.05, 4.69) is 4.90 Å². The first-order valence-corrected chi connectivity index (χ1v) is 9.50. The van der Waals surface area contributed by atoms with Crippen LogP contribution >= 0.6 is 0 Å². The van der Waals surface area contributed by atoms with E-state index in [4.69, 9.17) is 4.74 Å². The predicted octanol–water partition coefficient (Wildman–Crippen LogP) is 1.75. The third-order valence-electron chi connectivity index (χ3n) is 6.32. The molecule has 132 valence electrons. The van der Waals surface area contributed by atoms with Gasteiger partial charge in [0.2, 0.25) is 0 Å². The molecule has 1 amide bonds. The molecule has 0 N–H and O–H groups in total. The SMILES string of the molecule is O=C1CCc2c1cccc2C(=O)N1CCN2[C@@H](COC[C@@H]2C2CC2)C1. The van der Waals surface area contributed by atoms with Crippen LogP contribution in [0.5, 0.6) is 0 Å². The largest absolute Gasteiger partial charge is 0.378 e. The van der Waals surface area contributed by atoms with Crippen LogP contribution in [0.25, 0.3) is 0 Å². The summed E-state index contributed by atoms with van der Waals surface area (Å²) >= 11 is 0. The summed E-state index contributed by atoms with van der Waals surface area (Å²) in [4.78, 5) is 29.6. The average Bonchev–Trinajstić information content (AvgIpc) is 3.43. The smallest absolute Gasteiger partial charge is 0.254 e. The van der Waals surface area contributed by atoms with E-state index in [0.717, 1.165) is 55.5 Å². The van der Waals surface area contributed by atoms with E-state index < -0.39 is 0 Å². The lowest BCUT2D eigenvalue weighted by Crippen LogP contribution is -2.63. The molecule has 5 heteroatoms. The highest BCUT2D eigenvalue weighted by Crippen LogP contribution is 2.38. The Bertz CT molecular complexity index is 728. The van der Waals surface area contributed by atoms with Crippen molar-refractivity contribution in [3.8, 4) is 0 Å². The molecule has 0 spiro atoms. The molecule has 2 atom stereocenters. The summed E-state index contributed by atoms with van der Waals surface area (Å²) in [6.45, 7) is 4.02. The Kier molecular flexibility index (Phi) is 3.68. The number of ketones is 1. The molecular weight excluding hydrogens is 316 g/mol. The minimum absolute atomic E-state index is 0.0831. The van der Waals surface area contributed by atoms with Crippen molar-refractivity contribution >= 4 is 11.7 Å². The fraction of sp³-hybridized carbons (Fsp3) is 0.600. The number of nitrogens with zero attached hydrogens (tertiary/aromatic N) is 2. The molecule has 2 aliphatic carbocycles. The maximum atomic E-state index is 13.1. The van der Waals surface area contributed by atoms with Gasteiger partial charge in [0.1, 0.15) is 0 Å². The molecule has 5 nitrogen and oxygen atoms in total.